The molecule has 7 nitrogen and oxygen atoms in total. The van der Waals surface area contributed by atoms with Crippen LogP contribution in [0.25, 0.3) is 5.69 Å². The first kappa shape index (κ1) is 19.9. The molecule has 1 atom stereocenters. The third kappa shape index (κ3) is 4.33. The highest BCUT2D eigenvalue weighted by atomic mass is 32.2. The van der Waals surface area contributed by atoms with Crippen molar-refractivity contribution in [2.75, 3.05) is 7.11 Å². The summed E-state index contributed by atoms with van der Waals surface area (Å²) in [5.41, 5.74) is 4.01. The molecule has 3 rings (SSSR count). The largest absolute Gasteiger partial charge is 0.496 e. The van der Waals surface area contributed by atoms with E-state index in [1.807, 2.05) is 63.2 Å². The number of amides is 1. The number of aryl methyl sites for hydroxylation is 2. The molecule has 0 spiro atoms. The number of methoxy groups -OCH3 is 1. The molecule has 1 amide bonds. The smallest absolute Gasteiger partial charge is 0.233 e. The molecule has 1 N–H and O–H groups in total. The molecule has 28 heavy (non-hydrogen) atoms. The summed E-state index contributed by atoms with van der Waals surface area (Å²) in [5, 5.41) is 15.2. The van der Waals surface area contributed by atoms with Gasteiger partial charge in [0.1, 0.15) is 5.75 Å². The summed E-state index contributed by atoms with van der Waals surface area (Å²) < 4.78 is 7.02. The van der Waals surface area contributed by atoms with Crippen molar-refractivity contribution in [1.82, 2.24) is 25.5 Å². The summed E-state index contributed by atoms with van der Waals surface area (Å²) in [5.74, 6) is 0.661. The first-order valence-corrected chi connectivity index (χ1v) is 9.80. The van der Waals surface area contributed by atoms with Gasteiger partial charge in [-0.2, -0.15) is 4.68 Å². The number of hydrogen-bond donors (Lipinski definition) is 1. The lowest BCUT2D eigenvalue weighted by Gasteiger charge is -2.14. The van der Waals surface area contributed by atoms with Crippen molar-refractivity contribution in [1.29, 1.82) is 0 Å². The Morgan fingerprint density at radius 3 is 2.61 bits per heavy atom. The molecule has 1 heterocycles. The topological polar surface area (TPSA) is 81.9 Å². The first-order chi connectivity index (χ1) is 13.5. The fraction of sp³-hybridized carbons (Fsp3) is 0.300. The Hall–Kier alpha value is -2.87. The molecule has 0 aliphatic heterocycles. The van der Waals surface area contributed by atoms with Crippen LogP contribution in [0.15, 0.2) is 47.6 Å². The molecule has 1 unspecified atom stereocenters. The zero-order chi connectivity index (χ0) is 20.1. The van der Waals surface area contributed by atoms with Crippen molar-refractivity contribution in [2.45, 2.75) is 37.7 Å². The Balaban J connectivity index is 1.69. The number of benzene rings is 2. The van der Waals surface area contributed by atoms with Crippen LogP contribution in [-0.2, 0) is 11.3 Å². The number of nitrogens with zero attached hydrogens (tertiary/aromatic N) is 4. The Labute approximate surface area is 168 Å². The van der Waals surface area contributed by atoms with Crippen molar-refractivity contribution < 1.29 is 9.53 Å². The standard InChI is InChI=1S/C20H23N5O2S/c1-13-8-7-9-14(2)18(13)25-20(22-23-24-25)28-15(3)19(26)21-12-16-10-5-6-11-17(16)27-4/h5-11,15H,12H2,1-4H3,(H,21,26). The number of tetrazole rings is 1. The van der Waals surface area contributed by atoms with Gasteiger partial charge in [-0.15, -0.1) is 5.10 Å². The van der Waals surface area contributed by atoms with Gasteiger partial charge in [-0.05, 0) is 48.4 Å². The average molecular weight is 398 g/mol. The third-order valence-corrected chi connectivity index (χ3v) is 5.42. The molecule has 2 aromatic carbocycles. The Morgan fingerprint density at radius 2 is 1.89 bits per heavy atom. The van der Waals surface area contributed by atoms with Gasteiger partial charge >= 0.3 is 0 Å². The minimum Gasteiger partial charge on any atom is -0.496 e. The molecule has 0 aliphatic carbocycles. The summed E-state index contributed by atoms with van der Waals surface area (Å²) >= 11 is 1.33. The molecule has 1 aromatic heterocycles. The van der Waals surface area contributed by atoms with Crippen LogP contribution in [0.5, 0.6) is 5.75 Å². The van der Waals surface area contributed by atoms with Gasteiger partial charge < -0.3 is 10.1 Å². The van der Waals surface area contributed by atoms with Gasteiger partial charge in [0.25, 0.3) is 0 Å². The second kappa shape index (κ2) is 8.88. The van der Waals surface area contributed by atoms with Crippen LogP contribution in [0.3, 0.4) is 0 Å². The van der Waals surface area contributed by atoms with E-state index >= 15 is 0 Å². The first-order valence-electron chi connectivity index (χ1n) is 8.92. The predicted octanol–water partition coefficient (Wildman–Crippen LogP) is 3.08. The van der Waals surface area contributed by atoms with Crippen molar-refractivity contribution in [2.24, 2.45) is 0 Å². The molecular formula is C20H23N5O2S. The minimum absolute atomic E-state index is 0.0908. The molecular weight excluding hydrogens is 374 g/mol. The number of hydrogen-bond acceptors (Lipinski definition) is 6. The van der Waals surface area contributed by atoms with E-state index in [2.05, 4.69) is 20.8 Å². The lowest BCUT2D eigenvalue weighted by atomic mass is 10.1. The summed E-state index contributed by atoms with van der Waals surface area (Å²) in [4.78, 5) is 12.6. The highest BCUT2D eigenvalue weighted by Gasteiger charge is 2.20. The van der Waals surface area contributed by atoms with Gasteiger partial charge in [-0.3, -0.25) is 4.79 Å². The molecule has 0 fully saturated rings. The summed E-state index contributed by atoms with van der Waals surface area (Å²) in [7, 11) is 1.62. The number of ether oxygens (including phenoxy) is 1. The fourth-order valence-electron chi connectivity index (χ4n) is 2.92. The Bertz CT molecular complexity index is 952. The van der Waals surface area contributed by atoms with Crippen LogP contribution >= 0.6 is 11.8 Å². The van der Waals surface area contributed by atoms with Gasteiger partial charge in [0.15, 0.2) is 0 Å². The molecule has 0 bridgehead atoms. The lowest BCUT2D eigenvalue weighted by Crippen LogP contribution is -2.30. The number of para-hydroxylation sites is 2. The van der Waals surface area contributed by atoms with Gasteiger partial charge in [0, 0.05) is 12.1 Å². The van der Waals surface area contributed by atoms with E-state index < -0.39 is 0 Å². The summed E-state index contributed by atoms with van der Waals surface area (Å²) in [6.07, 6.45) is 0. The molecule has 0 aliphatic rings. The minimum atomic E-state index is -0.358. The van der Waals surface area contributed by atoms with Gasteiger partial charge in [0.05, 0.1) is 18.0 Å². The second-order valence-electron chi connectivity index (χ2n) is 6.40. The van der Waals surface area contributed by atoms with Gasteiger partial charge in [-0.25, -0.2) is 0 Å². The maximum Gasteiger partial charge on any atom is 0.233 e. The van der Waals surface area contributed by atoms with E-state index in [9.17, 15) is 4.79 Å². The summed E-state index contributed by atoms with van der Waals surface area (Å²) in [6.45, 7) is 6.27. The highest BCUT2D eigenvalue weighted by Crippen LogP contribution is 2.26. The van der Waals surface area contributed by atoms with E-state index in [1.165, 1.54) is 11.8 Å². The fourth-order valence-corrected chi connectivity index (χ4v) is 3.74. The highest BCUT2D eigenvalue weighted by molar-refractivity contribution is 8.00. The zero-order valence-corrected chi connectivity index (χ0v) is 17.2. The number of aromatic nitrogens is 4. The van der Waals surface area contributed by atoms with E-state index in [1.54, 1.807) is 11.8 Å². The number of carbonyl (C=O) groups is 1. The van der Waals surface area contributed by atoms with Crippen LogP contribution in [0.4, 0.5) is 0 Å². The monoisotopic (exact) mass is 397 g/mol. The number of thioether (sulfide) groups is 1. The maximum absolute atomic E-state index is 12.6. The van der Waals surface area contributed by atoms with E-state index in [4.69, 9.17) is 4.74 Å². The molecule has 3 aromatic rings. The maximum atomic E-state index is 12.6. The second-order valence-corrected chi connectivity index (χ2v) is 7.71. The van der Waals surface area contributed by atoms with Gasteiger partial charge in [0.2, 0.25) is 11.1 Å². The van der Waals surface area contributed by atoms with E-state index in [0.717, 1.165) is 28.1 Å². The van der Waals surface area contributed by atoms with Crippen LogP contribution in [-0.4, -0.2) is 38.5 Å². The van der Waals surface area contributed by atoms with E-state index in [0.29, 0.717) is 11.7 Å². The normalized spacial score (nSPS) is 11.9. The van der Waals surface area contributed by atoms with Gasteiger partial charge in [-0.1, -0.05) is 48.2 Å². The van der Waals surface area contributed by atoms with Crippen molar-refractivity contribution in [3.8, 4) is 11.4 Å². The quantitative estimate of drug-likeness (QED) is 0.617. The molecule has 146 valence electrons. The van der Waals surface area contributed by atoms with Crippen molar-refractivity contribution >= 4 is 17.7 Å². The summed E-state index contributed by atoms with van der Waals surface area (Å²) in [6, 6.07) is 13.6. The lowest BCUT2D eigenvalue weighted by molar-refractivity contribution is -0.120. The Morgan fingerprint density at radius 1 is 1.18 bits per heavy atom. The predicted molar refractivity (Wildman–Crippen MR) is 109 cm³/mol. The van der Waals surface area contributed by atoms with Crippen LogP contribution in [0, 0.1) is 13.8 Å². The van der Waals surface area contributed by atoms with Crippen molar-refractivity contribution in [3.63, 3.8) is 0 Å². The average Bonchev–Trinajstić information content (AvgIpc) is 3.13. The van der Waals surface area contributed by atoms with Crippen LogP contribution in [0.1, 0.15) is 23.6 Å². The molecule has 0 saturated heterocycles. The SMILES string of the molecule is COc1ccccc1CNC(=O)C(C)Sc1nnnn1-c1c(C)cccc1C. The van der Waals surface area contributed by atoms with E-state index in [-0.39, 0.29) is 11.2 Å². The number of nitrogens with one attached hydrogen (secondary N) is 1. The zero-order valence-electron chi connectivity index (χ0n) is 16.3. The number of carbonyl (C=O) groups excluding carboxylic acids is 1. The van der Waals surface area contributed by atoms with Crippen LogP contribution in [0.2, 0.25) is 0 Å². The number of rotatable bonds is 7. The molecule has 0 saturated carbocycles. The van der Waals surface area contributed by atoms with Crippen molar-refractivity contribution in [3.05, 3.63) is 59.2 Å². The Kier molecular flexibility index (Phi) is 6.30. The third-order valence-electron chi connectivity index (χ3n) is 4.39. The molecule has 8 heteroatoms. The van der Waals surface area contributed by atoms with Crippen LogP contribution < -0.4 is 10.1 Å². The molecule has 0 radical (unpaired) electrons.